The number of carbonyl (C=O) groups excluding carboxylic acids is 1. The molecule has 0 aliphatic carbocycles. The molecule has 0 N–H and O–H groups in total. The molecular weight excluding hydrogens is 346 g/mol. The van der Waals surface area contributed by atoms with E-state index in [2.05, 4.69) is 34.1 Å². The fourth-order valence-corrected chi connectivity index (χ4v) is 4.81. The van der Waals surface area contributed by atoms with Crippen molar-refractivity contribution in [2.75, 3.05) is 24.5 Å². The molecule has 2 atom stereocenters. The summed E-state index contributed by atoms with van der Waals surface area (Å²) in [5, 5.41) is 1.06. The number of anilines is 1. The number of benzene rings is 1. The molecule has 1 amide bonds. The minimum absolute atomic E-state index is 0.198. The van der Waals surface area contributed by atoms with E-state index < -0.39 is 5.60 Å². The lowest BCUT2D eigenvalue weighted by Gasteiger charge is -2.26. The summed E-state index contributed by atoms with van der Waals surface area (Å²) in [5.74, 6) is 0.506. The number of hydrogen-bond acceptors (Lipinski definition) is 5. The molecule has 0 radical (unpaired) electrons. The lowest BCUT2D eigenvalue weighted by atomic mass is 10.1. The molecule has 1 aromatic carbocycles. The van der Waals surface area contributed by atoms with Crippen molar-refractivity contribution in [3.05, 3.63) is 36.5 Å². The van der Waals surface area contributed by atoms with Crippen LogP contribution in [0.4, 0.5) is 9.93 Å². The molecule has 2 unspecified atom stereocenters. The monoisotopic (exact) mass is 371 g/mol. The number of thiazole rings is 1. The Balaban J connectivity index is 1.47. The van der Waals surface area contributed by atoms with Crippen molar-refractivity contribution in [1.82, 2.24) is 9.88 Å². The molecule has 4 rings (SSSR count). The number of nitrogens with zero attached hydrogens (tertiary/aromatic N) is 3. The van der Waals surface area contributed by atoms with E-state index in [1.165, 1.54) is 10.4 Å². The van der Waals surface area contributed by atoms with Gasteiger partial charge in [-0.1, -0.05) is 41.7 Å². The molecule has 2 aromatic rings. The van der Waals surface area contributed by atoms with Crippen molar-refractivity contribution >= 4 is 22.6 Å². The maximum absolute atomic E-state index is 12.4. The van der Waals surface area contributed by atoms with Gasteiger partial charge in [-0.2, -0.15) is 0 Å². The number of ether oxygens (including phenoxy) is 1. The third-order valence-corrected chi connectivity index (χ3v) is 6.08. The zero-order valence-corrected chi connectivity index (χ0v) is 16.3. The number of aromatic nitrogens is 1. The predicted octanol–water partition coefficient (Wildman–Crippen LogP) is 4.26. The molecule has 2 aliphatic rings. The number of hydrogen-bond donors (Lipinski definition) is 0. The van der Waals surface area contributed by atoms with Crippen molar-refractivity contribution in [1.29, 1.82) is 0 Å². The first-order valence-corrected chi connectivity index (χ1v) is 9.98. The van der Waals surface area contributed by atoms with Crippen molar-refractivity contribution in [3.63, 3.8) is 0 Å². The van der Waals surface area contributed by atoms with Gasteiger partial charge < -0.3 is 14.5 Å². The molecule has 1 aromatic heterocycles. The van der Waals surface area contributed by atoms with Gasteiger partial charge in [0, 0.05) is 31.7 Å². The van der Waals surface area contributed by atoms with Crippen LogP contribution in [0.5, 0.6) is 0 Å². The van der Waals surface area contributed by atoms with Gasteiger partial charge in [-0.05, 0) is 32.8 Å². The average Bonchev–Trinajstić information content (AvgIpc) is 3.29. The largest absolute Gasteiger partial charge is 0.444 e. The number of rotatable bonds is 2. The van der Waals surface area contributed by atoms with Crippen LogP contribution in [0.1, 0.15) is 27.2 Å². The molecule has 0 spiro atoms. The van der Waals surface area contributed by atoms with Crippen LogP contribution in [0, 0.1) is 5.92 Å². The summed E-state index contributed by atoms with van der Waals surface area (Å²) < 4.78 is 5.55. The van der Waals surface area contributed by atoms with Crippen molar-refractivity contribution in [2.24, 2.45) is 5.92 Å². The maximum Gasteiger partial charge on any atom is 0.410 e. The summed E-state index contributed by atoms with van der Waals surface area (Å²) in [6.07, 6.45) is 2.86. The Labute approximate surface area is 158 Å². The highest BCUT2D eigenvalue weighted by atomic mass is 32.1. The molecule has 3 heterocycles. The van der Waals surface area contributed by atoms with Gasteiger partial charge in [0.1, 0.15) is 5.60 Å². The van der Waals surface area contributed by atoms with E-state index in [0.29, 0.717) is 12.0 Å². The Morgan fingerprint density at radius 2 is 2.00 bits per heavy atom. The van der Waals surface area contributed by atoms with Crippen LogP contribution in [0.25, 0.3) is 10.4 Å². The maximum atomic E-state index is 12.4. The SMILES string of the molecule is CC(C)(C)OC(=O)N1CC2CCN(c3ncc(-c4ccccc4)s3)C2C1. The third kappa shape index (κ3) is 3.43. The normalized spacial score (nSPS) is 22.6. The van der Waals surface area contributed by atoms with E-state index in [-0.39, 0.29) is 6.09 Å². The van der Waals surface area contributed by atoms with Gasteiger partial charge >= 0.3 is 6.09 Å². The summed E-state index contributed by atoms with van der Waals surface area (Å²) in [5.41, 5.74) is 0.753. The molecule has 138 valence electrons. The van der Waals surface area contributed by atoms with Gasteiger partial charge in [0.25, 0.3) is 0 Å². The molecule has 2 aliphatic heterocycles. The van der Waals surface area contributed by atoms with Gasteiger partial charge in [0.2, 0.25) is 0 Å². The minimum atomic E-state index is -0.450. The van der Waals surface area contributed by atoms with Crippen LogP contribution in [-0.4, -0.2) is 47.3 Å². The number of carbonyl (C=O) groups is 1. The Morgan fingerprint density at radius 3 is 2.73 bits per heavy atom. The molecular formula is C20H25N3O2S. The third-order valence-electron chi connectivity index (χ3n) is 5.00. The minimum Gasteiger partial charge on any atom is -0.444 e. The highest BCUT2D eigenvalue weighted by Crippen LogP contribution is 2.39. The molecule has 2 fully saturated rings. The Kier molecular flexibility index (Phi) is 4.39. The highest BCUT2D eigenvalue weighted by Gasteiger charge is 2.44. The van der Waals surface area contributed by atoms with Crippen LogP contribution >= 0.6 is 11.3 Å². The lowest BCUT2D eigenvalue weighted by molar-refractivity contribution is 0.0284. The molecule has 0 saturated carbocycles. The standard InChI is InChI=1S/C20H25N3O2S/c1-20(2,3)25-19(24)22-12-15-9-10-23(16(15)13-22)18-21-11-17(26-18)14-7-5-4-6-8-14/h4-8,11,15-16H,9-10,12-13H2,1-3H3. The quantitative estimate of drug-likeness (QED) is 0.791. The van der Waals surface area contributed by atoms with Gasteiger partial charge in [-0.3, -0.25) is 0 Å². The smallest absolute Gasteiger partial charge is 0.410 e. The predicted molar refractivity (Wildman–Crippen MR) is 105 cm³/mol. The zero-order chi connectivity index (χ0) is 18.3. The summed E-state index contributed by atoms with van der Waals surface area (Å²) in [7, 11) is 0. The second-order valence-electron chi connectivity index (χ2n) is 8.07. The summed E-state index contributed by atoms with van der Waals surface area (Å²) in [4.78, 5) is 22.5. The first-order chi connectivity index (χ1) is 12.4. The summed E-state index contributed by atoms with van der Waals surface area (Å²) in [6.45, 7) is 8.25. The van der Waals surface area contributed by atoms with E-state index in [4.69, 9.17) is 4.74 Å². The second kappa shape index (κ2) is 6.58. The molecule has 5 nitrogen and oxygen atoms in total. The fraction of sp³-hybridized carbons (Fsp3) is 0.500. The lowest BCUT2D eigenvalue weighted by Crippen LogP contribution is -2.39. The molecule has 6 heteroatoms. The first kappa shape index (κ1) is 17.3. The average molecular weight is 372 g/mol. The Morgan fingerprint density at radius 1 is 1.23 bits per heavy atom. The van der Waals surface area contributed by atoms with Crippen molar-refractivity contribution in [2.45, 2.75) is 38.8 Å². The molecule has 0 bridgehead atoms. The Bertz CT molecular complexity index is 784. The number of fused-ring (bicyclic) bond motifs is 1. The number of likely N-dealkylation sites (tertiary alicyclic amines) is 1. The Hall–Kier alpha value is -2.08. The van der Waals surface area contributed by atoms with Crippen LogP contribution < -0.4 is 4.90 Å². The van der Waals surface area contributed by atoms with E-state index in [9.17, 15) is 4.79 Å². The summed E-state index contributed by atoms with van der Waals surface area (Å²) >= 11 is 1.73. The topological polar surface area (TPSA) is 45.7 Å². The fourth-order valence-electron chi connectivity index (χ4n) is 3.81. The first-order valence-electron chi connectivity index (χ1n) is 9.16. The number of amides is 1. The van der Waals surface area contributed by atoms with E-state index in [1.54, 1.807) is 11.3 Å². The van der Waals surface area contributed by atoms with Gasteiger partial charge in [-0.25, -0.2) is 9.78 Å². The van der Waals surface area contributed by atoms with Crippen LogP contribution in [-0.2, 0) is 4.74 Å². The second-order valence-corrected chi connectivity index (χ2v) is 9.08. The van der Waals surface area contributed by atoms with Gasteiger partial charge in [0.05, 0.1) is 10.9 Å². The molecule has 26 heavy (non-hydrogen) atoms. The van der Waals surface area contributed by atoms with Crippen LogP contribution in [0.3, 0.4) is 0 Å². The summed E-state index contributed by atoms with van der Waals surface area (Å²) in [6, 6.07) is 10.7. The zero-order valence-electron chi connectivity index (χ0n) is 15.5. The van der Waals surface area contributed by atoms with E-state index in [1.807, 2.05) is 37.9 Å². The van der Waals surface area contributed by atoms with Gasteiger partial charge in [0.15, 0.2) is 5.13 Å². The van der Waals surface area contributed by atoms with Gasteiger partial charge in [-0.15, -0.1) is 0 Å². The van der Waals surface area contributed by atoms with Crippen molar-refractivity contribution in [3.8, 4) is 10.4 Å². The van der Waals surface area contributed by atoms with Crippen LogP contribution in [0.15, 0.2) is 36.5 Å². The van der Waals surface area contributed by atoms with Crippen molar-refractivity contribution < 1.29 is 9.53 Å². The molecule has 2 saturated heterocycles. The van der Waals surface area contributed by atoms with E-state index in [0.717, 1.165) is 31.2 Å². The van der Waals surface area contributed by atoms with Crippen LogP contribution in [0.2, 0.25) is 0 Å². The highest BCUT2D eigenvalue weighted by molar-refractivity contribution is 7.18. The van der Waals surface area contributed by atoms with E-state index >= 15 is 0 Å².